The van der Waals surface area contributed by atoms with E-state index in [1.54, 1.807) is 23.9 Å². The molecule has 0 unspecified atom stereocenters. The zero-order valence-corrected chi connectivity index (χ0v) is 16.3. The Morgan fingerprint density at radius 1 is 1.36 bits per heavy atom. The molecular formula is C21H20N4O2S. The molecule has 1 aliphatic heterocycles. The van der Waals surface area contributed by atoms with Gasteiger partial charge in [0.1, 0.15) is 17.4 Å². The first-order chi connectivity index (χ1) is 13.7. The van der Waals surface area contributed by atoms with Crippen molar-refractivity contribution in [1.29, 1.82) is 0 Å². The normalized spacial score (nSPS) is 16.5. The lowest BCUT2D eigenvalue weighted by Gasteiger charge is -2.33. The summed E-state index contributed by atoms with van der Waals surface area (Å²) in [6.45, 7) is 2.71. The van der Waals surface area contributed by atoms with E-state index in [9.17, 15) is 4.79 Å². The Morgan fingerprint density at radius 2 is 2.29 bits per heavy atom. The zero-order valence-electron chi connectivity index (χ0n) is 15.5. The van der Waals surface area contributed by atoms with Crippen molar-refractivity contribution in [2.75, 3.05) is 6.54 Å². The summed E-state index contributed by atoms with van der Waals surface area (Å²) < 4.78 is 6.16. The molecule has 1 aromatic carbocycles. The monoisotopic (exact) mass is 392 g/mol. The summed E-state index contributed by atoms with van der Waals surface area (Å²) >= 11 is 1.59. The Bertz CT molecular complexity index is 1130. The molecule has 142 valence electrons. The Morgan fingerprint density at radius 3 is 3.14 bits per heavy atom. The van der Waals surface area contributed by atoms with Gasteiger partial charge in [-0.05, 0) is 25.1 Å². The SMILES string of the molecule is Cc1ccc2oc([C@H]3c4nc[nH]c4CCN3C(=O)CCc3nccs3)cc2c1. The van der Waals surface area contributed by atoms with Crippen molar-refractivity contribution in [3.63, 3.8) is 0 Å². The number of nitrogens with zero attached hydrogens (tertiary/aromatic N) is 3. The van der Waals surface area contributed by atoms with E-state index in [2.05, 4.69) is 27.9 Å². The first-order valence-corrected chi connectivity index (χ1v) is 10.3. The van der Waals surface area contributed by atoms with Gasteiger partial charge in [-0.15, -0.1) is 11.3 Å². The lowest BCUT2D eigenvalue weighted by Crippen LogP contribution is -2.40. The minimum absolute atomic E-state index is 0.102. The number of H-pyrrole nitrogens is 1. The smallest absolute Gasteiger partial charge is 0.223 e. The minimum Gasteiger partial charge on any atom is -0.458 e. The Kier molecular flexibility index (Phi) is 4.24. The average molecular weight is 392 g/mol. The van der Waals surface area contributed by atoms with Crippen LogP contribution in [0.4, 0.5) is 0 Å². The first kappa shape index (κ1) is 17.2. The van der Waals surface area contributed by atoms with Crippen LogP contribution < -0.4 is 0 Å². The number of thiazole rings is 1. The summed E-state index contributed by atoms with van der Waals surface area (Å²) in [6.07, 6.45) is 5.35. The van der Waals surface area contributed by atoms with Crippen LogP contribution in [0.5, 0.6) is 0 Å². The van der Waals surface area contributed by atoms with Crippen LogP contribution in [0, 0.1) is 6.92 Å². The van der Waals surface area contributed by atoms with Crippen LogP contribution in [0.15, 0.2) is 46.6 Å². The van der Waals surface area contributed by atoms with Crippen LogP contribution in [0.1, 0.15) is 40.2 Å². The van der Waals surface area contributed by atoms with Gasteiger partial charge in [0.25, 0.3) is 0 Å². The molecule has 1 atom stereocenters. The molecule has 4 heterocycles. The summed E-state index contributed by atoms with van der Waals surface area (Å²) in [4.78, 5) is 27.0. The van der Waals surface area contributed by atoms with Crippen molar-refractivity contribution in [3.05, 3.63) is 69.9 Å². The number of aryl methyl sites for hydroxylation is 2. The molecule has 0 fully saturated rings. The molecular weight excluding hydrogens is 372 g/mol. The van der Waals surface area contributed by atoms with Crippen molar-refractivity contribution in [3.8, 4) is 0 Å². The summed E-state index contributed by atoms with van der Waals surface area (Å²) in [5, 5.41) is 3.98. The van der Waals surface area contributed by atoms with Crippen LogP contribution in [-0.4, -0.2) is 32.3 Å². The van der Waals surface area contributed by atoms with Gasteiger partial charge < -0.3 is 14.3 Å². The van der Waals surface area contributed by atoms with Gasteiger partial charge in [0.15, 0.2) is 0 Å². The second-order valence-electron chi connectivity index (χ2n) is 7.12. The van der Waals surface area contributed by atoms with Crippen molar-refractivity contribution in [1.82, 2.24) is 19.9 Å². The summed E-state index contributed by atoms with van der Waals surface area (Å²) in [5.74, 6) is 0.863. The summed E-state index contributed by atoms with van der Waals surface area (Å²) in [6, 6.07) is 7.86. The van der Waals surface area contributed by atoms with Gasteiger partial charge in [-0.2, -0.15) is 0 Å². The number of hydrogen-bond acceptors (Lipinski definition) is 5. The number of aromatic amines is 1. The van der Waals surface area contributed by atoms with Crippen LogP contribution in [0.25, 0.3) is 11.0 Å². The summed E-state index contributed by atoms with van der Waals surface area (Å²) in [7, 11) is 0. The van der Waals surface area contributed by atoms with E-state index in [0.717, 1.165) is 39.5 Å². The third kappa shape index (κ3) is 3.01. The van der Waals surface area contributed by atoms with Crippen LogP contribution in [-0.2, 0) is 17.6 Å². The number of furan rings is 1. The molecule has 28 heavy (non-hydrogen) atoms. The standard InChI is InChI=1S/C21H20N4O2S/c1-13-2-3-16-14(10-13)11-17(27-16)21-20-15(23-12-24-20)6-8-25(21)19(26)5-4-18-22-7-9-28-18/h2-3,7,9-12,21H,4-6,8H2,1H3,(H,23,24)/t21-/m0/s1. The maximum absolute atomic E-state index is 13.1. The van der Waals surface area contributed by atoms with Crippen molar-refractivity contribution < 1.29 is 9.21 Å². The van der Waals surface area contributed by atoms with E-state index in [4.69, 9.17) is 4.42 Å². The van der Waals surface area contributed by atoms with Gasteiger partial charge in [-0.25, -0.2) is 9.97 Å². The van der Waals surface area contributed by atoms with Crippen molar-refractivity contribution >= 4 is 28.2 Å². The minimum atomic E-state index is -0.300. The van der Waals surface area contributed by atoms with E-state index < -0.39 is 0 Å². The number of aromatic nitrogens is 3. The van der Waals surface area contributed by atoms with E-state index in [1.165, 1.54) is 5.56 Å². The number of hydrogen-bond donors (Lipinski definition) is 1. The largest absolute Gasteiger partial charge is 0.458 e. The highest BCUT2D eigenvalue weighted by Gasteiger charge is 2.36. The van der Waals surface area contributed by atoms with Crippen molar-refractivity contribution in [2.45, 2.75) is 32.2 Å². The van der Waals surface area contributed by atoms with E-state index in [1.807, 2.05) is 28.5 Å². The molecule has 0 bridgehead atoms. The number of rotatable bonds is 4. The van der Waals surface area contributed by atoms with Gasteiger partial charge in [-0.1, -0.05) is 11.6 Å². The molecule has 3 aromatic heterocycles. The third-order valence-corrected chi connectivity index (χ3v) is 6.08. The fourth-order valence-corrected chi connectivity index (χ4v) is 4.51. The fourth-order valence-electron chi connectivity index (χ4n) is 3.89. The molecule has 5 rings (SSSR count). The Balaban J connectivity index is 1.49. The predicted molar refractivity (Wildman–Crippen MR) is 107 cm³/mol. The molecule has 0 saturated heterocycles. The van der Waals surface area contributed by atoms with E-state index in [-0.39, 0.29) is 11.9 Å². The number of imidazole rings is 1. The molecule has 1 N–H and O–H groups in total. The Labute approximate surface area is 166 Å². The molecule has 0 spiro atoms. The zero-order chi connectivity index (χ0) is 19.1. The summed E-state index contributed by atoms with van der Waals surface area (Å²) in [5.41, 5.74) is 3.97. The number of amides is 1. The highest BCUT2D eigenvalue weighted by Crippen LogP contribution is 2.36. The molecule has 0 aliphatic carbocycles. The van der Waals surface area contributed by atoms with Gasteiger partial charge in [-0.3, -0.25) is 4.79 Å². The van der Waals surface area contributed by atoms with Crippen LogP contribution >= 0.6 is 11.3 Å². The third-order valence-electron chi connectivity index (χ3n) is 5.24. The fraction of sp³-hybridized carbons (Fsp3) is 0.286. The molecule has 0 saturated carbocycles. The number of benzene rings is 1. The maximum Gasteiger partial charge on any atom is 0.223 e. The number of fused-ring (bicyclic) bond motifs is 2. The van der Waals surface area contributed by atoms with Gasteiger partial charge in [0.2, 0.25) is 5.91 Å². The topological polar surface area (TPSA) is 75.0 Å². The molecule has 6 nitrogen and oxygen atoms in total. The molecule has 1 amide bonds. The second-order valence-corrected chi connectivity index (χ2v) is 8.10. The van der Waals surface area contributed by atoms with Crippen molar-refractivity contribution in [2.24, 2.45) is 0 Å². The molecule has 7 heteroatoms. The predicted octanol–water partition coefficient (Wildman–Crippen LogP) is 4.03. The van der Waals surface area contributed by atoms with Crippen LogP contribution in [0.3, 0.4) is 0 Å². The van der Waals surface area contributed by atoms with Gasteiger partial charge >= 0.3 is 0 Å². The highest BCUT2D eigenvalue weighted by atomic mass is 32.1. The average Bonchev–Trinajstić information content (AvgIpc) is 3.44. The molecule has 4 aromatic rings. The number of nitrogens with one attached hydrogen (secondary N) is 1. The highest BCUT2D eigenvalue weighted by molar-refractivity contribution is 7.09. The molecule has 0 radical (unpaired) electrons. The Hall–Kier alpha value is -2.93. The number of carbonyl (C=O) groups excluding carboxylic acids is 1. The van der Waals surface area contributed by atoms with Gasteiger partial charge in [0, 0.05) is 48.5 Å². The lowest BCUT2D eigenvalue weighted by molar-refractivity contribution is -0.133. The quantitative estimate of drug-likeness (QED) is 0.569. The van der Waals surface area contributed by atoms with E-state index >= 15 is 0 Å². The maximum atomic E-state index is 13.1. The first-order valence-electron chi connectivity index (χ1n) is 9.39. The van der Waals surface area contributed by atoms with E-state index in [0.29, 0.717) is 19.4 Å². The number of carbonyl (C=O) groups is 1. The second kappa shape index (κ2) is 6.91. The lowest BCUT2D eigenvalue weighted by atomic mass is 9.99. The molecule has 1 aliphatic rings. The van der Waals surface area contributed by atoms with Crippen LogP contribution in [0.2, 0.25) is 0 Å². The van der Waals surface area contributed by atoms with Gasteiger partial charge in [0.05, 0.1) is 17.0 Å².